The lowest BCUT2D eigenvalue weighted by Gasteiger charge is -2.31. The van der Waals surface area contributed by atoms with Gasteiger partial charge in [-0.3, -0.25) is 4.79 Å². The fourth-order valence-corrected chi connectivity index (χ4v) is 2.08. The van der Waals surface area contributed by atoms with Crippen LogP contribution in [0.1, 0.15) is 30.1 Å². The van der Waals surface area contributed by atoms with Gasteiger partial charge in [0, 0.05) is 13.1 Å². The van der Waals surface area contributed by atoms with Crippen molar-refractivity contribution in [2.24, 2.45) is 11.7 Å². The van der Waals surface area contributed by atoms with Crippen molar-refractivity contribution in [3.8, 4) is 0 Å². The number of hydrogen-bond donors (Lipinski definition) is 2. The average molecular weight is 234 g/mol. The Balaban J connectivity index is 2.21. The van der Waals surface area contributed by atoms with Gasteiger partial charge < -0.3 is 16.4 Å². The molecule has 0 aromatic carbocycles. The standard InChI is InChI=1S/C12H18N4O/c1-8-2-4-16(5-3-8)11-6-9(12(14)17)10(13)7-15-11/h6-8H,2-5,13H2,1H3,(H2,14,17). The molecular formula is C12H18N4O. The molecule has 5 nitrogen and oxygen atoms in total. The van der Waals surface area contributed by atoms with Gasteiger partial charge in [-0.15, -0.1) is 0 Å². The minimum atomic E-state index is -0.503. The molecule has 92 valence electrons. The van der Waals surface area contributed by atoms with Crippen LogP contribution in [0.5, 0.6) is 0 Å². The zero-order valence-corrected chi connectivity index (χ0v) is 10.0. The topological polar surface area (TPSA) is 85.2 Å². The van der Waals surface area contributed by atoms with E-state index in [9.17, 15) is 4.79 Å². The van der Waals surface area contributed by atoms with Crippen LogP contribution in [0.3, 0.4) is 0 Å². The fourth-order valence-electron chi connectivity index (χ4n) is 2.08. The lowest BCUT2D eigenvalue weighted by atomic mass is 9.99. The largest absolute Gasteiger partial charge is 0.397 e. The SMILES string of the molecule is CC1CCN(c2cc(C(N)=O)c(N)cn2)CC1. The van der Waals surface area contributed by atoms with E-state index >= 15 is 0 Å². The molecule has 1 aliphatic rings. The Morgan fingerprint density at radius 1 is 1.47 bits per heavy atom. The second-order valence-corrected chi connectivity index (χ2v) is 4.66. The smallest absolute Gasteiger partial charge is 0.250 e. The lowest BCUT2D eigenvalue weighted by molar-refractivity contribution is 0.100. The summed E-state index contributed by atoms with van der Waals surface area (Å²) in [5.74, 6) is 1.05. The molecule has 1 aromatic rings. The number of primary amides is 1. The number of carbonyl (C=O) groups excluding carboxylic acids is 1. The quantitative estimate of drug-likeness (QED) is 0.799. The van der Waals surface area contributed by atoms with Gasteiger partial charge in [-0.25, -0.2) is 4.98 Å². The monoisotopic (exact) mass is 234 g/mol. The van der Waals surface area contributed by atoms with E-state index in [0.29, 0.717) is 11.3 Å². The molecule has 17 heavy (non-hydrogen) atoms. The number of carbonyl (C=O) groups is 1. The highest BCUT2D eigenvalue weighted by Gasteiger charge is 2.18. The summed E-state index contributed by atoms with van der Waals surface area (Å²) in [6.45, 7) is 4.19. The minimum absolute atomic E-state index is 0.339. The first-order valence-corrected chi connectivity index (χ1v) is 5.88. The zero-order chi connectivity index (χ0) is 12.4. The highest BCUT2D eigenvalue weighted by molar-refractivity contribution is 5.98. The minimum Gasteiger partial charge on any atom is -0.397 e. The van der Waals surface area contributed by atoms with E-state index in [1.807, 2.05) is 0 Å². The van der Waals surface area contributed by atoms with Gasteiger partial charge in [0.15, 0.2) is 0 Å². The predicted octanol–water partition coefficient (Wildman–Crippen LogP) is 0.999. The van der Waals surface area contributed by atoms with Gasteiger partial charge in [-0.1, -0.05) is 6.92 Å². The summed E-state index contributed by atoms with van der Waals surface area (Å²) in [6, 6.07) is 1.69. The molecule has 0 aliphatic carbocycles. The summed E-state index contributed by atoms with van der Waals surface area (Å²) in [4.78, 5) is 17.6. The summed E-state index contributed by atoms with van der Waals surface area (Å²) in [7, 11) is 0. The number of aromatic nitrogens is 1. The van der Waals surface area contributed by atoms with Gasteiger partial charge in [0.25, 0.3) is 5.91 Å². The number of pyridine rings is 1. The zero-order valence-electron chi connectivity index (χ0n) is 10.0. The van der Waals surface area contributed by atoms with Crippen LogP contribution in [0.15, 0.2) is 12.3 Å². The normalized spacial score (nSPS) is 17.1. The van der Waals surface area contributed by atoms with Crippen LogP contribution in [0.4, 0.5) is 11.5 Å². The molecular weight excluding hydrogens is 216 g/mol. The van der Waals surface area contributed by atoms with Crippen LogP contribution < -0.4 is 16.4 Å². The van der Waals surface area contributed by atoms with Crippen LogP contribution in [-0.2, 0) is 0 Å². The summed E-state index contributed by atoms with van der Waals surface area (Å²) in [6.07, 6.45) is 3.81. The fraction of sp³-hybridized carbons (Fsp3) is 0.500. The molecule has 1 saturated heterocycles. The highest BCUT2D eigenvalue weighted by Crippen LogP contribution is 2.23. The third-order valence-electron chi connectivity index (χ3n) is 3.29. The van der Waals surface area contributed by atoms with E-state index in [4.69, 9.17) is 11.5 Å². The Morgan fingerprint density at radius 3 is 2.71 bits per heavy atom. The van der Waals surface area contributed by atoms with Crippen LogP contribution in [0.25, 0.3) is 0 Å². The van der Waals surface area contributed by atoms with Crippen LogP contribution in [0.2, 0.25) is 0 Å². The summed E-state index contributed by atoms with van der Waals surface area (Å²) < 4.78 is 0. The van der Waals surface area contributed by atoms with Crippen molar-refractivity contribution in [1.82, 2.24) is 4.98 Å². The Kier molecular flexibility index (Phi) is 3.17. The van der Waals surface area contributed by atoms with Crippen LogP contribution in [0, 0.1) is 5.92 Å². The number of nitrogens with zero attached hydrogens (tertiary/aromatic N) is 2. The van der Waals surface area contributed by atoms with Gasteiger partial charge in [0.2, 0.25) is 0 Å². The van der Waals surface area contributed by atoms with E-state index in [1.165, 1.54) is 6.20 Å². The predicted molar refractivity (Wildman–Crippen MR) is 67.8 cm³/mol. The molecule has 2 heterocycles. The second-order valence-electron chi connectivity index (χ2n) is 4.66. The number of nitrogens with two attached hydrogens (primary N) is 2. The maximum Gasteiger partial charge on any atom is 0.250 e. The number of rotatable bonds is 2. The van der Waals surface area contributed by atoms with Crippen LogP contribution >= 0.6 is 0 Å². The molecule has 2 rings (SSSR count). The lowest BCUT2D eigenvalue weighted by Crippen LogP contribution is -2.33. The second kappa shape index (κ2) is 4.61. The molecule has 1 fully saturated rings. The van der Waals surface area contributed by atoms with Gasteiger partial charge in [0.05, 0.1) is 17.4 Å². The molecule has 0 radical (unpaired) electrons. The number of piperidine rings is 1. The van der Waals surface area contributed by atoms with Gasteiger partial charge in [-0.2, -0.15) is 0 Å². The summed E-state index contributed by atoms with van der Waals surface area (Å²) in [5, 5.41) is 0. The molecule has 4 N–H and O–H groups in total. The number of hydrogen-bond acceptors (Lipinski definition) is 4. The number of nitrogen functional groups attached to an aromatic ring is 1. The maximum absolute atomic E-state index is 11.2. The summed E-state index contributed by atoms with van der Waals surface area (Å²) in [5.41, 5.74) is 11.6. The van der Waals surface area contributed by atoms with Crippen molar-refractivity contribution in [3.63, 3.8) is 0 Å². The van der Waals surface area contributed by atoms with E-state index in [1.54, 1.807) is 6.07 Å². The van der Waals surface area contributed by atoms with E-state index in [-0.39, 0.29) is 0 Å². The molecule has 1 aliphatic heterocycles. The molecule has 0 unspecified atom stereocenters. The van der Waals surface area contributed by atoms with Gasteiger partial charge >= 0.3 is 0 Å². The first kappa shape index (κ1) is 11.7. The molecule has 0 bridgehead atoms. The number of amides is 1. The molecule has 1 amide bonds. The molecule has 0 atom stereocenters. The summed E-state index contributed by atoms with van der Waals surface area (Å²) >= 11 is 0. The highest BCUT2D eigenvalue weighted by atomic mass is 16.1. The van der Waals surface area contributed by atoms with Crippen LogP contribution in [-0.4, -0.2) is 24.0 Å². The van der Waals surface area contributed by atoms with Crippen molar-refractivity contribution in [2.75, 3.05) is 23.7 Å². The van der Waals surface area contributed by atoms with Crippen molar-refractivity contribution in [2.45, 2.75) is 19.8 Å². The Labute approximate surface area is 101 Å². The molecule has 0 spiro atoms. The Hall–Kier alpha value is -1.78. The molecule has 0 saturated carbocycles. The first-order valence-electron chi connectivity index (χ1n) is 5.88. The van der Waals surface area contributed by atoms with Crippen molar-refractivity contribution >= 4 is 17.4 Å². The van der Waals surface area contributed by atoms with Crippen molar-refractivity contribution in [3.05, 3.63) is 17.8 Å². The Bertz CT molecular complexity index is 425. The third-order valence-corrected chi connectivity index (χ3v) is 3.29. The van der Waals surface area contributed by atoms with Gasteiger partial charge in [-0.05, 0) is 24.8 Å². The molecule has 5 heteroatoms. The van der Waals surface area contributed by atoms with Crippen molar-refractivity contribution < 1.29 is 4.79 Å². The van der Waals surface area contributed by atoms with E-state index < -0.39 is 5.91 Å². The number of anilines is 2. The third kappa shape index (κ3) is 2.49. The maximum atomic E-state index is 11.2. The van der Waals surface area contributed by atoms with E-state index in [0.717, 1.165) is 37.7 Å². The van der Waals surface area contributed by atoms with Crippen molar-refractivity contribution in [1.29, 1.82) is 0 Å². The van der Waals surface area contributed by atoms with Gasteiger partial charge in [0.1, 0.15) is 5.82 Å². The molecule has 1 aromatic heterocycles. The first-order chi connectivity index (χ1) is 8.08. The van der Waals surface area contributed by atoms with E-state index in [2.05, 4.69) is 16.8 Å². The average Bonchev–Trinajstić information content (AvgIpc) is 2.30. The Morgan fingerprint density at radius 2 is 2.12 bits per heavy atom.